The van der Waals surface area contributed by atoms with Crippen molar-refractivity contribution in [2.45, 2.75) is 99.7 Å². The molecule has 0 unspecified atom stereocenters. The molecule has 0 amide bonds. The zero-order valence-electron chi connectivity index (χ0n) is 28.3. The van der Waals surface area contributed by atoms with Crippen molar-refractivity contribution < 1.29 is 24.5 Å². The molecule has 3 aromatic rings. The van der Waals surface area contributed by atoms with Crippen LogP contribution in [-0.4, -0.2) is 64.8 Å². The average Bonchev–Trinajstić information content (AvgIpc) is 3.12. The smallest absolute Gasteiger partial charge is 0.193 e. The predicted octanol–water partition coefficient (Wildman–Crippen LogP) is 7.92. The van der Waals surface area contributed by atoms with Crippen molar-refractivity contribution in [1.29, 1.82) is 0 Å². The van der Waals surface area contributed by atoms with Gasteiger partial charge in [-0.15, -0.1) is 11.8 Å². The Labute approximate surface area is 284 Å². The van der Waals surface area contributed by atoms with Gasteiger partial charge in [-0.1, -0.05) is 99.2 Å². The van der Waals surface area contributed by atoms with Crippen LogP contribution in [0.2, 0.25) is 0 Å². The van der Waals surface area contributed by atoms with Crippen molar-refractivity contribution in [3.05, 3.63) is 101 Å². The van der Waals surface area contributed by atoms with E-state index in [1.807, 2.05) is 92.9 Å². The molecule has 2 saturated carbocycles. The number of morpholine rings is 1. The van der Waals surface area contributed by atoms with Gasteiger partial charge in [-0.05, 0) is 69.0 Å². The number of thioether (sulfide) groups is 1. The minimum atomic E-state index is -0.929. The van der Waals surface area contributed by atoms with Gasteiger partial charge in [0.25, 0.3) is 0 Å². The number of nitrogens with zero attached hydrogens (tertiary/aromatic N) is 1. The minimum absolute atomic E-state index is 0.0933. The highest BCUT2D eigenvalue weighted by molar-refractivity contribution is 7.98. The number of Topliss-reactive ketones (excluding diaryl/α,β-unsaturated/α-hetero) is 1. The highest BCUT2D eigenvalue weighted by Gasteiger charge is 2.38. The zero-order chi connectivity index (χ0) is 33.5. The lowest BCUT2D eigenvalue weighted by Crippen LogP contribution is -2.54. The molecule has 3 aliphatic rings. The van der Waals surface area contributed by atoms with Gasteiger partial charge in [0.1, 0.15) is 0 Å². The molecule has 1 heterocycles. The first-order valence-electron chi connectivity index (χ1n) is 17.3. The van der Waals surface area contributed by atoms with E-state index < -0.39 is 16.7 Å². The number of carbonyl (C=O) groups excluding carboxylic acids is 2. The lowest BCUT2D eigenvalue weighted by molar-refractivity contribution is -0.00433. The summed E-state index contributed by atoms with van der Waals surface area (Å²) in [5, 5.41) is 22.6. The van der Waals surface area contributed by atoms with Crippen molar-refractivity contribution in [2.75, 3.05) is 32.6 Å². The number of hydrogen-bond donors (Lipinski definition) is 2. The van der Waals surface area contributed by atoms with Gasteiger partial charge in [-0.3, -0.25) is 14.5 Å². The van der Waals surface area contributed by atoms with Crippen molar-refractivity contribution in [3.8, 4) is 0 Å². The van der Waals surface area contributed by atoms with Crippen LogP contribution < -0.4 is 0 Å². The number of hydrogen-bond acceptors (Lipinski definition) is 7. The van der Waals surface area contributed by atoms with Crippen LogP contribution in [0.15, 0.2) is 77.7 Å². The topological polar surface area (TPSA) is 87.1 Å². The summed E-state index contributed by atoms with van der Waals surface area (Å²) >= 11 is 1.69. The fourth-order valence-electron chi connectivity index (χ4n) is 7.49. The van der Waals surface area contributed by atoms with Gasteiger partial charge >= 0.3 is 0 Å². The Morgan fingerprint density at radius 1 is 0.702 bits per heavy atom. The quantitative estimate of drug-likeness (QED) is 0.188. The summed E-state index contributed by atoms with van der Waals surface area (Å²) in [5.41, 5.74) is 1.08. The van der Waals surface area contributed by atoms with Crippen molar-refractivity contribution >= 4 is 23.3 Å². The molecular formula is C40H51NO5S. The summed E-state index contributed by atoms with van der Waals surface area (Å²) < 4.78 is 5.35. The number of ketones is 2. The maximum atomic E-state index is 13.6. The SMILES string of the molecule is CSc1ccc(C(=O)C(C)(C)N2CCOCC2)cc1.O=C(c1ccccc1C1(O)CCCCC1)c1ccccc1C1(O)CCCCC1. The van der Waals surface area contributed by atoms with E-state index in [0.29, 0.717) is 50.0 Å². The van der Waals surface area contributed by atoms with E-state index >= 15 is 0 Å². The Hall–Kier alpha value is -2.81. The van der Waals surface area contributed by atoms with Crippen molar-refractivity contribution in [1.82, 2.24) is 4.90 Å². The van der Waals surface area contributed by atoms with Crippen LogP contribution in [0.4, 0.5) is 0 Å². The third-order valence-electron chi connectivity index (χ3n) is 10.4. The van der Waals surface area contributed by atoms with Gasteiger partial charge in [-0.2, -0.15) is 0 Å². The highest BCUT2D eigenvalue weighted by atomic mass is 32.2. The summed E-state index contributed by atoms with van der Waals surface area (Å²) in [6.45, 7) is 7.07. The second-order valence-electron chi connectivity index (χ2n) is 13.8. The Balaban J connectivity index is 0.000000199. The number of ether oxygens (including phenoxy) is 1. The average molecular weight is 658 g/mol. The van der Waals surface area contributed by atoms with Crippen LogP contribution >= 0.6 is 11.8 Å². The number of benzene rings is 3. The Bertz CT molecular complexity index is 1430. The Kier molecular flexibility index (Phi) is 11.8. The Morgan fingerprint density at radius 2 is 1.15 bits per heavy atom. The molecule has 47 heavy (non-hydrogen) atoms. The number of aliphatic hydroxyl groups is 2. The largest absolute Gasteiger partial charge is 0.385 e. The summed E-state index contributed by atoms with van der Waals surface area (Å²) in [5.74, 6) is 0.0891. The summed E-state index contributed by atoms with van der Waals surface area (Å²) in [6, 6.07) is 22.8. The molecule has 1 aliphatic heterocycles. The second-order valence-corrected chi connectivity index (χ2v) is 14.7. The highest BCUT2D eigenvalue weighted by Crippen LogP contribution is 2.42. The van der Waals surface area contributed by atoms with E-state index in [1.165, 1.54) is 4.90 Å². The molecular weight excluding hydrogens is 607 g/mol. The third-order valence-corrected chi connectivity index (χ3v) is 11.2. The van der Waals surface area contributed by atoms with Crippen LogP contribution in [0, 0.1) is 0 Å². The van der Waals surface area contributed by atoms with Crippen molar-refractivity contribution in [3.63, 3.8) is 0 Å². The molecule has 6 nitrogen and oxygen atoms in total. The molecule has 3 aromatic carbocycles. The number of rotatable bonds is 8. The first-order chi connectivity index (χ1) is 22.6. The minimum Gasteiger partial charge on any atom is -0.385 e. The van der Waals surface area contributed by atoms with Gasteiger partial charge in [0.05, 0.1) is 30.0 Å². The molecule has 252 valence electrons. The third kappa shape index (κ3) is 8.09. The molecule has 6 rings (SSSR count). The lowest BCUT2D eigenvalue weighted by Gasteiger charge is -2.39. The van der Waals surface area contributed by atoms with Gasteiger partial charge < -0.3 is 14.9 Å². The summed E-state index contributed by atoms with van der Waals surface area (Å²) in [7, 11) is 0. The van der Waals surface area contributed by atoms with Crippen LogP contribution in [-0.2, 0) is 15.9 Å². The fourth-order valence-corrected chi connectivity index (χ4v) is 7.90. The van der Waals surface area contributed by atoms with Gasteiger partial charge in [0.15, 0.2) is 11.6 Å². The molecule has 0 spiro atoms. The van der Waals surface area contributed by atoms with Crippen molar-refractivity contribution in [2.24, 2.45) is 0 Å². The van der Waals surface area contributed by atoms with Gasteiger partial charge in [-0.25, -0.2) is 0 Å². The second kappa shape index (κ2) is 15.6. The molecule has 0 bridgehead atoms. The summed E-state index contributed by atoms with van der Waals surface area (Å²) in [6.07, 6.45) is 11.0. The van der Waals surface area contributed by atoms with E-state index in [1.54, 1.807) is 11.8 Å². The van der Waals surface area contributed by atoms with Gasteiger partial charge in [0, 0.05) is 34.7 Å². The fraction of sp³-hybridized carbons (Fsp3) is 0.500. The molecule has 0 radical (unpaired) electrons. The van der Waals surface area contributed by atoms with Crippen LogP contribution in [0.1, 0.15) is 115 Å². The molecule has 7 heteroatoms. The molecule has 1 saturated heterocycles. The van der Waals surface area contributed by atoms with E-state index in [4.69, 9.17) is 4.74 Å². The molecule has 3 fully saturated rings. The van der Waals surface area contributed by atoms with Crippen LogP contribution in [0.3, 0.4) is 0 Å². The first-order valence-corrected chi connectivity index (χ1v) is 18.5. The van der Waals surface area contributed by atoms with E-state index in [0.717, 1.165) is 68.3 Å². The van der Waals surface area contributed by atoms with E-state index in [-0.39, 0.29) is 11.6 Å². The van der Waals surface area contributed by atoms with Gasteiger partial charge in [0.2, 0.25) is 0 Å². The molecule has 2 aliphatic carbocycles. The van der Waals surface area contributed by atoms with Crippen LogP contribution in [0.25, 0.3) is 0 Å². The predicted molar refractivity (Wildman–Crippen MR) is 189 cm³/mol. The lowest BCUT2D eigenvalue weighted by atomic mass is 9.74. The zero-order valence-corrected chi connectivity index (χ0v) is 29.1. The molecule has 2 N–H and O–H groups in total. The maximum Gasteiger partial charge on any atom is 0.193 e. The first kappa shape index (κ1) is 35.5. The van der Waals surface area contributed by atoms with E-state index in [2.05, 4.69) is 4.90 Å². The normalized spacial score (nSPS) is 19.7. The van der Waals surface area contributed by atoms with E-state index in [9.17, 15) is 19.8 Å². The number of carbonyl (C=O) groups is 2. The summed E-state index contributed by atoms with van der Waals surface area (Å²) in [4.78, 5) is 29.7. The maximum absolute atomic E-state index is 13.6. The molecule has 0 atom stereocenters. The Morgan fingerprint density at radius 3 is 1.60 bits per heavy atom. The monoisotopic (exact) mass is 657 g/mol. The van der Waals surface area contributed by atoms with Crippen LogP contribution in [0.5, 0.6) is 0 Å². The molecule has 0 aromatic heterocycles. The standard InChI is InChI=1S/C25H30O3.C15H21NO2S/c26-23(19-11-3-5-13-21(19)24(27)15-7-1-8-16-24)20-12-4-6-14-22(20)25(28)17-9-2-10-18-25;1-15(2,16-8-10-18-11-9-16)14(17)12-4-6-13(19-3)7-5-12/h3-6,11-14,27-28H,1-2,7-10,15-18H2;4-7H,8-11H2,1-3H3.